The van der Waals surface area contributed by atoms with Crippen LogP contribution in [0.3, 0.4) is 0 Å². The molecular weight excluding hydrogens is 321 g/mol. The molecule has 2 heterocycles. The fourth-order valence-corrected chi connectivity index (χ4v) is 3.04. The number of para-hydroxylation sites is 1. The zero-order chi connectivity index (χ0) is 17.8. The standard InChI is InChI=1S/C18H24FN5O/c1-13(2)24-17(7-10-20-24)22-18(25)23-11-8-14(9-12-23)21-16-6-4-3-5-15(16)19/h3-7,10,13-14,21H,8-9,11-12H2,1-2H3,(H,22,25). The fourth-order valence-electron chi connectivity index (χ4n) is 3.04. The maximum atomic E-state index is 13.7. The van der Waals surface area contributed by atoms with Crippen molar-refractivity contribution in [3.8, 4) is 0 Å². The molecule has 0 aliphatic carbocycles. The van der Waals surface area contributed by atoms with Crippen LogP contribution in [0.2, 0.25) is 0 Å². The molecule has 2 N–H and O–H groups in total. The van der Waals surface area contributed by atoms with E-state index >= 15 is 0 Å². The van der Waals surface area contributed by atoms with Crippen molar-refractivity contribution in [2.45, 2.75) is 38.8 Å². The average Bonchev–Trinajstić information content (AvgIpc) is 3.06. The highest BCUT2D eigenvalue weighted by Crippen LogP contribution is 2.20. The van der Waals surface area contributed by atoms with Crippen LogP contribution in [0.5, 0.6) is 0 Å². The van der Waals surface area contributed by atoms with Crippen LogP contribution in [-0.2, 0) is 0 Å². The second-order valence-corrected chi connectivity index (χ2v) is 6.57. The molecule has 134 valence electrons. The van der Waals surface area contributed by atoms with Gasteiger partial charge in [0.25, 0.3) is 0 Å². The Labute approximate surface area is 147 Å². The Morgan fingerprint density at radius 2 is 1.96 bits per heavy atom. The largest absolute Gasteiger partial charge is 0.380 e. The van der Waals surface area contributed by atoms with E-state index < -0.39 is 0 Å². The van der Waals surface area contributed by atoms with Crippen LogP contribution in [0.15, 0.2) is 36.5 Å². The van der Waals surface area contributed by atoms with E-state index in [0.717, 1.165) is 12.8 Å². The summed E-state index contributed by atoms with van der Waals surface area (Å²) in [6.45, 7) is 5.30. The summed E-state index contributed by atoms with van der Waals surface area (Å²) in [4.78, 5) is 14.2. The van der Waals surface area contributed by atoms with Crippen molar-refractivity contribution in [2.24, 2.45) is 0 Å². The Hall–Kier alpha value is -2.57. The summed E-state index contributed by atoms with van der Waals surface area (Å²) in [5.74, 6) is 0.455. The van der Waals surface area contributed by atoms with Crippen molar-refractivity contribution in [3.05, 3.63) is 42.3 Å². The molecule has 2 aromatic rings. The smallest absolute Gasteiger partial charge is 0.323 e. The number of carbonyl (C=O) groups is 1. The first-order valence-electron chi connectivity index (χ1n) is 8.65. The lowest BCUT2D eigenvalue weighted by molar-refractivity contribution is 0.196. The summed E-state index contributed by atoms with van der Waals surface area (Å²) >= 11 is 0. The van der Waals surface area contributed by atoms with E-state index in [0.29, 0.717) is 24.6 Å². The van der Waals surface area contributed by atoms with Crippen molar-refractivity contribution in [3.63, 3.8) is 0 Å². The maximum Gasteiger partial charge on any atom is 0.323 e. The molecule has 1 fully saturated rings. The number of urea groups is 1. The van der Waals surface area contributed by atoms with E-state index in [4.69, 9.17) is 0 Å². The normalized spacial score (nSPS) is 15.4. The minimum atomic E-state index is -0.246. The molecule has 2 amide bonds. The minimum absolute atomic E-state index is 0.119. The molecule has 0 bridgehead atoms. The van der Waals surface area contributed by atoms with E-state index in [1.165, 1.54) is 6.07 Å². The van der Waals surface area contributed by atoms with Crippen molar-refractivity contribution >= 4 is 17.5 Å². The number of piperidine rings is 1. The number of carbonyl (C=O) groups excluding carboxylic acids is 1. The number of benzene rings is 1. The number of aromatic nitrogens is 2. The van der Waals surface area contributed by atoms with Gasteiger partial charge in [0.15, 0.2) is 0 Å². The molecule has 0 radical (unpaired) electrons. The summed E-state index contributed by atoms with van der Waals surface area (Å²) in [6, 6.07) is 8.70. The molecule has 0 saturated carbocycles. The van der Waals surface area contributed by atoms with Gasteiger partial charge in [-0.2, -0.15) is 5.10 Å². The van der Waals surface area contributed by atoms with E-state index in [-0.39, 0.29) is 23.9 Å². The number of hydrogen-bond donors (Lipinski definition) is 2. The molecular formula is C18H24FN5O. The summed E-state index contributed by atoms with van der Waals surface area (Å²) < 4.78 is 15.5. The molecule has 0 spiro atoms. The first-order valence-corrected chi connectivity index (χ1v) is 8.65. The number of nitrogens with one attached hydrogen (secondary N) is 2. The lowest BCUT2D eigenvalue weighted by Crippen LogP contribution is -2.44. The second kappa shape index (κ2) is 7.55. The van der Waals surface area contributed by atoms with Gasteiger partial charge in [0.2, 0.25) is 0 Å². The lowest BCUT2D eigenvalue weighted by atomic mass is 10.0. The Morgan fingerprint density at radius 1 is 1.24 bits per heavy atom. The summed E-state index contributed by atoms with van der Waals surface area (Å²) in [5.41, 5.74) is 0.520. The van der Waals surface area contributed by atoms with Crippen LogP contribution in [0.1, 0.15) is 32.7 Å². The molecule has 3 rings (SSSR count). The number of hydrogen-bond acceptors (Lipinski definition) is 3. The molecule has 1 aliphatic rings. The zero-order valence-corrected chi connectivity index (χ0v) is 14.6. The van der Waals surface area contributed by atoms with E-state index in [1.807, 2.05) is 19.9 Å². The highest BCUT2D eigenvalue weighted by molar-refractivity contribution is 5.88. The summed E-state index contributed by atoms with van der Waals surface area (Å²) in [5, 5.41) is 10.4. The van der Waals surface area contributed by atoms with E-state index in [2.05, 4.69) is 15.7 Å². The van der Waals surface area contributed by atoms with Crippen molar-refractivity contribution < 1.29 is 9.18 Å². The molecule has 0 atom stereocenters. The van der Waals surface area contributed by atoms with Gasteiger partial charge in [0.05, 0.1) is 11.9 Å². The first-order chi connectivity index (χ1) is 12.0. The predicted octanol–water partition coefficient (Wildman–Crippen LogP) is 3.71. The van der Waals surface area contributed by atoms with Gasteiger partial charge in [0, 0.05) is 31.2 Å². The third-order valence-corrected chi connectivity index (χ3v) is 4.41. The molecule has 1 aromatic heterocycles. The lowest BCUT2D eigenvalue weighted by Gasteiger charge is -2.33. The zero-order valence-electron chi connectivity index (χ0n) is 14.6. The SMILES string of the molecule is CC(C)n1nccc1NC(=O)N1CCC(Nc2ccccc2F)CC1. The van der Waals surface area contributed by atoms with Gasteiger partial charge in [-0.15, -0.1) is 0 Å². The number of amides is 2. The molecule has 0 unspecified atom stereocenters. The second-order valence-electron chi connectivity index (χ2n) is 6.57. The van der Waals surface area contributed by atoms with Gasteiger partial charge in [-0.1, -0.05) is 12.1 Å². The van der Waals surface area contributed by atoms with Crippen LogP contribution in [0.25, 0.3) is 0 Å². The number of likely N-dealkylation sites (tertiary alicyclic amines) is 1. The van der Waals surface area contributed by atoms with Gasteiger partial charge < -0.3 is 10.2 Å². The molecule has 25 heavy (non-hydrogen) atoms. The number of rotatable bonds is 4. The van der Waals surface area contributed by atoms with Crippen molar-refractivity contribution in [2.75, 3.05) is 23.7 Å². The van der Waals surface area contributed by atoms with Crippen LogP contribution < -0.4 is 10.6 Å². The van der Waals surface area contributed by atoms with E-state index in [9.17, 15) is 9.18 Å². The molecule has 6 nitrogen and oxygen atoms in total. The third kappa shape index (κ3) is 4.10. The minimum Gasteiger partial charge on any atom is -0.380 e. The Morgan fingerprint density at radius 3 is 2.64 bits per heavy atom. The summed E-state index contributed by atoms with van der Waals surface area (Å²) in [7, 11) is 0. The molecule has 1 saturated heterocycles. The fraction of sp³-hybridized carbons (Fsp3) is 0.444. The quantitative estimate of drug-likeness (QED) is 0.888. The molecule has 7 heteroatoms. The van der Waals surface area contributed by atoms with Crippen LogP contribution in [0.4, 0.5) is 20.7 Å². The van der Waals surface area contributed by atoms with Gasteiger partial charge >= 0.3 is 6.03 Å². The van der Waals surface area contributed by atoms with Gasteiger partial charge in [-0.3, -0.25) is 5.32 Å². The highest BCUT2D eigenvalue weighted by Gasteiger charge is 2.24. The van der Waals surface area contributed by atoms with Gasteiger partial charge in [-0.05, 0) is 38.8 Å². The van der Waals surface area contributed by atoms with E-state index in [1.54, 1.807) is 34.0 Å². The number of nitrogens with zero attached hydrogens (tertiary/aromatic N) is 3. The predicted molar refractivity (Wildman–Crippen MR) is 96.2 cm³/mol. The topological polar surface area (TPSA) is 62.2 Å². The maximum absolute atomic E-state index is 13.7. The number of halogens is 1. The van der Waals surface area contributed by atoms with Crippen molar-refractivity contribution in [1.29, 1.82) is 0 Å². The third-order valence-electron chi connectivity index (χ3n) is 4.41. The van der Waals surface area contributed by atoms with Crippen LogP contribution >= 0.6 is 0 Å². The van der Waals surface area contributed by atoms with Crippen LogP contribution in [0, 0.1) is 5.82 Å². The molecule has 1 aliphatic heterocycles. The Balaban J connectivity index is 1.52. The average molecular weight is 345 g/mol. The molecule has 1 aromatic carbocycles. The van der Waals surface area contributed by atoms with Gasteiger partial charge in [-0.25, -0.2) is 13.9 Å². The van der Waals surface area contributed by atoms with Crippen LogP contribution in [-0.4, -0.2) is 39.8 Å². The van der Waals surface area contributed by atoms with Gasteiger partial charge in [0.1, 0.15) is 11.6 Å². The number of anilines is 2. The highest BCUT2D eigenvalue weighted by atomic mass is 19.1. The van der Waals surface area contributed by atoms with Crippen molar-refractivity contribution in [1.82, 2.24) is 14.7 Å². The Bertz CT molecular complexity index is 722. The summed E-state index contributed by atoms with van der Waals surface area (Å²) in [6.07, 6.45) is 3.25. The Kier molecular flexibility index (Phi) is 5.21. The monoisotopic (exact) mass is 345 g/mol. The first kappa shape index (κ1) is 17.3.